The number of rotatable bonds is 6. The Hall–Kier alpha value is -2.49. The first-order chi connectivity index (χ1) is 12.7. The number of hydrogen-bond acceptors (Lipinski definition) is 4. The van der Waals surface area contributed by atoms with Crippen LogP contribution in [0.15, 0.2) is 56.5 Å². The molecule has 2 heterocycles. The highest BCUT2D eigenvalue weighted by Crippen LogP contribution is 2.24. The number of aryl methyl sites for hydroxylation is 1. The summed E-state index contributed by atoms with van der Waals surface area (Å²) < 4.78 is 10.9. The van der Waals surface area contributed by atoms with Crippen LogP contribution in [0.4, 0.5) is 0 Å². The number of amides is 1. The molecule has 0 aliphatic carbocycles. The van der Waals surface area contributed by atoms with Crippen LogP contribution in [0.2, 0.25) is 0 Å². The van der Waals surface area contributed by atoms with E-state index < -0.39 is 0 Å². The largest absolute Gasteiger partial charge is 0.459 e. The van der Waals surface area contributed by atoms with Gasteiger partial charge in [-0.25, -0.2) is 0 Å². The highest BCUT2D eigenvalue weighted by Gasteiger charge is 2.10. The van der Waals surface area contributed by atoms with E-state index in [-0.39, 0.29) is 29.9 Å². The summed E-state index contributed by atoms with van der Waals surface area (Å²) in [4.78, 5) is 15.9. The molecule has 0 radical (unpaired) electrons. The van der Waals surface area contributed by atoms with E-state index in [1.807, 2.05) is 31.2 Å². The fourth-order valence-corrected chi connectivity index (χ4v) is 2.63. The number of aliphatic imine (C=N–C) groups is 1. The maximum atomic E-state index is 11.8. The Bertz CT molecular complexity index is 903. The second-order valence-electron chi connectivity index (χ2n) is 5.73. The van der Waals surface area contributed by atoms with Crippen molar-refractivity contribution < 1.29 is 13.6 Å². The third-order valence-electron chi connectivity index (χ3n) is 4.03. The molecular weight excluding hydrogens is 459 g/mol. The molecule has 0 saturated heterocycles. The minimum absolute atomic E-state index is 0. The average molecular weight is 482 g/mol. The molecule has 1 amide bonds. The second-order valence-corrected chi connectivity index (χ2v) is 5.73. The van der Waals surface area contributed by atoms with Crippen LogP contribution >= 0.6 is 24.0 Å². The van der Waals surface area contributed by atoms with Gasteiger partial charge in [-0.1, -0.05) is 18.2 Å². The van der Waals surface area contributed by atoms with E-state index in [0.717, 1.165) is 22.3 Å². The van der Waals surface area contributed by atoms with E-state index in [0.29, 0.717) is 31.4 Å². The number of benzene rings is 1. The van der Waals surface area contributed by atoms with Crippen molar-refractivity contribution in [1.82, 2.24) is 16.0 Å². The van der Waals surface area contributed by atoms with Crippen LogP contribution in [0.1, 0.15) is 21.9 Å². The maximum Gasteiger partial charge on any atom is 0.287 e. The zero-order chi connectivity index (χ0) is 18.4. The van der Waals surface area contributed by atoms with E-state index in [1.165, 1.54) is 6.26 Å². The van der Waals surface area contributed by atoms with E-state index in [1.54, 1.807) is 19.2 Å². The summed E-state index contributed by atoms with van der Waals surface area (Å²) in [6.45, 7) is 3.55. The molecule has 8 heteroatoms. The van der Waals surface area contributed by atoms with Gasteiger partial charge in [0.05, 0.1) is 12.8 Å². The molecule has 0 aliphatic heterocycles. The van der Waals surface area contributed by atoms with Crippen molar-refractivity contribution in [3.63, 3.8) is 0 Å². The number of guanidine groups is 1. The van der Waals surface area contributed by atoms with Crippen molar-refractivity contribution in [2.24, 2.45) is 4.99 Å². The highest BCUT2D eigenvalue weighted by molar-refractivity contribution is 14.0. The molecule has 3 rings (SSSR count). The Morgan fingerprint density at radius 3 is 2.56 bits per heavy atom. The number of carbonyl (C=O) groups excluding carboxylic acids is 1. The van der Waals surface area contributed by atoms with Crippen molar-refractivity contribution in [1.29, 1.82) is 0 Å². The lowest BCUT2D eigenvalue weighted by molar-refractivity contribution is 0.0926. The number of halogens is 1. The van der Waals surface area contributed by atoms with Gasteiger partial charge in [-0.2, -0.15) is 0 Å². The molecule has 0 unspecified atom stereocenters. The van der Waals surface area contributed by atoms with Crippen molar-refractivity contribution in [2.75, 3.05) is 20.1 Å². The molecule has 3 N–H and O–H groups in total. The smallest absolute Gasteiger partial charge is 0.287 e. The molecule has 0 saturated carbocycles. The summed E-state index contributed by atoms with van der Waals surface area (Å²) in [7, 11) is 1.70. The lowest BCUT2D eigenvalue weighted by Crippen LogP contribution is -2.41. The summed E-state index contributed by atoms with van der Waals surface area (Å²) in [6, 6.07) is 11.3. The SMILES string of the molecule is CN=C(NCCNC(=O)c1ccco1)NCc1oc2ccccc2c1C.I. The summed E-state index contributed by atoms with van der Waals surface area (Å²) in [5.41, 5.74) is 2.00. The van der Waals surface area contributed by atoms with Gasteiger partial charge in [-0.05, 0) is 25.1 Å². The van der Waals surface area contributed by atoms with Crippen LogP contribution in [0.25, 0.3) is 11.0 Å². The van der Waals surface area contributed by atoms with Crippen LogP contribution in [-0.4, -0.2) is 32.0 Å². The quantitative estimate of drug-likeness (QED) is 0.218. The number of nitrogens with one attached hydrogen (secondary N) is 3. The first-order valence-corrected chi connectivity index (χ1v) is 8.42. The number of para-hydroxylation sites is 1. The second kappa shape index (κ2) is 10.0. The van der Waals surface area contributed by atoms with Crippen molar-refractivity contribution >= 4 is 46.8 Å². The van der Waals surface area contributed by atoms with Gasteiger partial charge < -0.3 is 24.8 Å². The summed E-state index contributed by atoms with van der Waals surface area (Å²) in [5.74, 6) is 1.57. The molecule has 2 aromatic heterocycles. The zero-order valence-corrected chi connectivity index (χ0v) is 17.6. The topological polar surface area (TPSA) is 91.8 Å². The molecular formula is C19H23IN4O3. The van der Waals surface area contributed by atoms with Gasteiger partial charge in [0, 0.05) is 31.1 Å². The molecule has 7 nitrogen and oxygen atoms in total. The number of furan rings is 2. The molecule has 1 aromatic carbocycles. The Morgan fingerprint density at radius 2 is 1.85 bits per heavy atom. The number of carbonyl (C=O) groups is 1. The van der Waals surface area contributed by atoms with Crippen LogP contribution in [0.5, 0.6) is 0 Å². The minimum Gasteiger partial charge on any atom is -0.459 e. The molecule has 0 fully saturated rings. The molecule has 0 atom stereocenters. The van der Waals surface area contributed by atoms with E-state index >= 15 is 0 Å². The first-order valence-electron chi connectivity index (χ1n) is 8.42. The molecule has 27 heavy (non-hydrogen) atoms. The first kappa shape index (κ1) is 20.8. The third kappa shape index (κ3) is 5.25. The van der Waals surface area contributed by atoms with Gasteiger partial charge >= 0.3 is 0 Å². The predicted octanol–water partition coefficient (Wildman–Crippen LogP) is 3.05. The fraction of sp³-hybridized carbons (Fsp3) is 0.263. The van der Waals surface area contributed by atoms with Crippen molar-refractivity contribution in [3.8, 4) is 0 Å². The fourth-order valence-electron chi connectivity index (χ4n) is 2.63. The van der Waals surface area contributed by atoms with Gasteiger partial charge in [-0.15, -0.1) is 24.0 Å². The Morgan fingerprint density at radius 1 is 1.07 bits per heavy atom. The third-order valence-corrected chi connectivity index (χ3v) is 4.03. The number of hydrogen-bond donors (Lipinski definition) is 3. The Kier molecular flexibility index (Phi) is 7.71. The number of fused-ring (bicyclic) bond motifs is 1. The van der Waals surface area contributed by atoms with Gasteiger partial charge in [0.15, 0.2) is 11.7 Å². The lowest BCUT2D eigenvalue weighted by atomic mass is 10.1. The summed E-state index contributed by atoms with van der Waals surface area (Å²) in [5, 5.41) is 10.2. The summed E-state index contributed by atoms with van der Waals surface area (Å²) in [6.07, 6.45) is 1.47. The highest BCUT2D eigenvalue weighted by atomic mass is 127. The van der Waals surface area contributed by atoms with Gasteiger partial charge in [0.25, 0.3) is 5.91 Å². The monoisotopic (exact) mass is 482 g/mol. The van der Waals surface area contributed by atoms with E-state index in [9.17, 15) is 4.79 Å². The van der Waals surface area contributed by atoms with Crippen LogP contribution in [-0.2, 0) is 6.54 Å². The van der Waals surface area contributed by atoms with Gasteiger partial charge in [0.2, 0.25) is 0 Å². The van der Waals surface area contributed by atoms with Crippen molar-refractivity contribution in [2.45, 2.75) is 13.5 Å². The van der Waals surface area contributed by atoms with Gasteiger partial charge in [-0.3, -0.25) is 9.79 Å². The molecule has 0 spiro atoms. The van der Waals surface area contributed by atoms with E-state index in [4.69, 9.17) is 8.83 Å². The molecule has 0 aliphatic rings. The van der Waals surface area contributed by atoms with E-state index in [2.05, 4.69) is 20.9 Å². The normalized spacial score (nSPS) is 11.1. The summed E-state index contributed by atoms with van der Waals surface area (Å²) >= 11 is 0. The maximum absolute atomic E-state index is 11.8. The predicted molar refractivity (Wildman–Crippen MR) is 116 cm³/mol. The van der Waals surface area contributed by atoms with Crippen molar-refractivity contribution in [3.05, 3.63) is 59.7 Å². The Labute approximate surface area is 174 Å². The lowest BCUT2D eigenvalue weighted by Gasteiger charge is -2.11. The molecule has 144 valence electrons. The molecule has 3 aromatic rings. The number of nitrogens with zero attached hydrogens (tertiary/aromatic N) is 1. The minimum atomic E-state index is -0.238. The van der Waals surface area contributed by atoms with Crippen LogP contribution in [0.3, 0.4) is 0 Å². The van der Waals surface area contributed by atoms with Gasteiger partial charge in [0.1, 0.15) is 11.3 Å². The van der Waals surface area contributed by atoms with Crippen LogP contribution in [0, 0.1) is 6.92 Å². The molecule has 0 bridgehead atoms. The Balaban J connectivity index is 0.00000261. The average Bonchev–Trinajstić information content (AvgIpc) is 3.30. The van der Waals surface area contributed by atoms with Crippen LogP contribution < -0.4 is 16.0 Å². The zero-order valence-electron chi connectivity index (χ0n) is 15.2. The standard InChI is InChI=1S/C19H22N4O3.HI/c1-13-14-6-3-4-7-15(14)26-17(13)12-23-19(20-2)22-10-9-21-18(24)16-8-5-11-25-16;/h3-8,11H,9-10,12H2,1-2H3,(H,21,24)(H2,20,22,23);1H.